The molecule has 0 aromatic heterocycles. The summed E-state index contributed by atoms with van der Waals surface area (Å²) in [4.78, 5) is 12.6. The van der Waals surface area contributed by atoms with E-state index in [4.69, 9.17) is 16.2 Å². The molecule has 152 valence electrons. The van der Waals surface area contributed by atoms with Crippen LogP contribution in [0.2, 0.25) is 0 Å². The summed E-state index contributed by atoms with van der Waals surface area (Å²) in [6, 6.07) is 23.2. The Labute approximate surface area is 172 Å². The fourth-order valence-corrected chi connectivity index (χ4v) is 3.28. The van der Waals surface area contributed by atoms with Gasteiger partial charge in [-0.1, -0.05) is 60.7 Å². The number of fused-ring (bicyclic) bond motifs is 1. The lowest BCUT2D eigenvalue weighted by Crippen LogP contribution is -2.48. The normalized spacial score (nSPS) is 13.0. The average Bonchev–Trinajstić information content (AvgIpc) is 2.76. The smallest absolute Gasteiger partial charge is 0.237 e. The zero-order chi connectivity index (χ0) is 20.5. The van der Waals surface area contributed by atoms with Gasteiger partial charge in [-0.3, -0.25) is 4.79 Å². The van der Waals surface area contributed by atoms with Gasteiger partial charge in [-0.15, -0.1) is 0 Å². The molecule has 0 saturated heterocycles. The first kappa shape index (κ1) is 20.8. The van der Waals surface area contributed by atoms with Crippen LogP contribution in [0.25, 0.3) is 10.8 Å². The van der Waals surface area contributed by atoms with Gasteiger partial charge in [0.05, 0.1) is 12.1 Å². The quantitative estimate of drug-likeness (QED) is 0.495. The molecule has 2 atom stereocenters. The van der Waals surface area contributed by atoms with Gasteiger partial charge in [-0.2, -0.15) is 0 Å². The standard InChI is InChI=1S/C24H29N3O2/c25-14-6-11-21(27-24(28)23(26)15-18-7-2-1-3-8-18)17-29-22-13-12-19-9-4-5-10-20(19)16-22/h1-5,7-10,12-13,16,21,23H,6,11,14-15,17,25-26H2,(H,27,28)/t21-,23-/m0/s1. The Morgan fingerprint density at radius 2 is 1.69 bits per heavy atom. The lowest BCUT2D eigenvalue weighted by Gasteiger charge is -2.21. The minimum Gasteiger partial charge on any atom is -0.491 e. The fourth-order valence-electron chi connectivity index (χ4n) is 3.28. The molecule has 0 fully saturated rings. The Hall–Kier alpha value is -2.89. The third-order valence-electron chi connectivity index (χ3n) is 4.91. The van der Waals surface area contributed by atoms with Crippen molar-refractivity contribution in [3.05, 3.63) is 78.4 Å². The van der Waals surface area contributed by atoms with Crippen molar-refractivity contribution in [1.29, 1.82) is 0 Å². The van der Waals surface area contributed by atoms with Crippen LogP contribution >= 0.6 is 0 Å². The summed E-state index contributed by atoms with van der Waals surface area (Å²) >= 11 is 0. The molecule has 0 aliphatic heterocycles. The highest BCUT2D eigenvalue weighted by atomic mass is 16.5. The van der Waals surface area contributed by atoms with Crippen molar-refractivity contribution >= 4 is 16.7 Å². The van der Waals surface area contributed by atoms with E-state index < -0.39 is 6.04 Å². The number of ether oxygens (including phenoxy) is 1. The zero-order valence-electron chi connectivity index (χ0n) is 16.6. The van der Waals surface area contributed by atoms with Crippen LogP contribution in [0.3, 0.4) is 0 Å². The van der Waals surface area contributed by atoms with Crippen molar-refractivity contribution in [2.75, 3.05) is 13.2 Å². The Morgan fingerprint density at radius 1 is 0.966 bits per heavy atom. The minimum absolute atomic E-state index is 0.139. The van der Waals surface area contributed by atoms with Crippen molar-refractivity contribution in [3.8, 4) is 5.75 Å². The van der Waals surface area contributed by atoms with E-state index in [1.165, 1.54) is 5.39 Å². The number of carbonyl (C=O) groups is 1. The van der Waals surface area contributed by atoms with Gasteiger partial charge in [0.2, 0.25) is 5.91 Å². The number of nitrogens with two attached hydrogens (primary N) is 2. The summed E-state index contributed by atoms with van der Waals surface area (Å²) in [6.45, 7) is 0.945. The summed E-state index contributed by atoms with van der Waals surface area (Å²) in [5, 5.41) is 5.32. The minimum atomic E-state index is -0.599. The van der Waals surface area contributed by atoms with E-state index in [0.29, 0.717) is 19.6 Å². The van der Waals surface area contributed by atoms with Gasteiger partial charge < -0.3 is 21.5 Å². The summed E-state index contributed by atoms with van der Waals surface area (Å²) in [7, 11) is 0. The Morgan fingerprint density at radius 3 is 2.45 bits per heavy atom. The largest absolute Gasteiger partial charge is 0.491 e. The van der Waals surface area contributed by atoms with Gasteiger partial charge in [0.25, 0.3) is 0 Å². The molecule has 0 bridgehead atoms. The predicted octanol–water partition coefficient (Wildman–Crippen LogP) is 3.01. The third kappa shape index (κ3) is 6.31. The van der Waals surface area contributed by atoms with Gasteiger partial charge in [0, 0.05) is 0 Å². The van der Waals surface area contributed by atoms with Gasteiger partial charge in [-0.05, 0) is 54.3 Å². The van der Waals surface area contributed by atoms with Crippen LogP contribution in [0, 0.1) is 0 Å². The number of amides is 1. The Balaban J connectivity index is 1.58. The molecule has 3 rings (SSSR count). The summed E-state index contributed by atoms with van der Waals surface area (Å²) in [5.41, 5.74) is 12.8. The molecule has 5 heteroatoms. The highest BCUT2D eigenvalue weighted by molar-refractivity contribution is 5.84. The van der Waals surface area contributed by atoms with E-state index in [2.05, 4.69) is 17.4 Å². The topological polar surface area (TPSA) is 90.4 Å². The molecular weight excluding hydrogens is 362 g/mol. The van der Waals surface area contributed by atoms with Crippen LogP contribution in [0.4, 0.5) is 0 Å². The molecule has 0 aliphatic rings. The molecule has 5 N–H and O–H groups in total. The maximum atomic E-state index is 12.6. The molecule has 29 heavy (non-hydrogen) atoms. The van der Waals surface area contributed by atoms with Crippen molar-refractivity contribution in [2.24, 2.45) is 11.5 Å². The number of nitrogens with one attached hydrogen (secondary N) is 1. The summed E-state index contributed by atoms with van der Waals surface area (Å²) < 4.78 is 5.98. The van der Waals surface area contributed by atoms with E-state index in [1.807, 2.05) is 60.7 Å². The first-order chi connectivity index (χ1) is 14.2. The zero-order valence-corrected chi connectivity index (χ0v) is 16.6. The molecule has 5 nitrogen and oxygen atoms in total. The first-order valence-electron chi connectivity index (χ1n) is 10.1. The Kier molecular flexibility index (Phi) is 7.61. The molecule has 0 saturated carbocycles. The molecule has 1 amide bonds. The lowest BCUT2D eigenvalue weighted by molar-refractivity contribution is -0.123. The van der Waals surface area contributed by atoms with E-state index in [-0.39, 0.29) is 11.9 Å². The second-order valence-electron chi connectivity index (χ2n) is 7.25. The molecule has 0 aliphatic carbocycles. The summed E-state index contributed by atoms with van der Waals surface area (Å²) in [6.07, 6.45) is 2.05. The number of hydrogen-bond acceptors (Lipinski definition) is 4. The fraction of sp³-hybridized carbons (Fsp3) is 0.292. The van der Waals surface area contributed by atoms with E-state index in [1.54, 1.807) is 0 Å². The van der Waals surface area contributed by atoms with Gasteiger partial charge in [0.1, 0.15) is 12.4 Å². The summed E-state index contributed by atoms with van der Waals surface area (Å²) in [5.74, 6) is 0.613. The highest BCUT2D eigenvalue weighted by Crippen LogP contribution is 2.20. The number of benzene rings is 3. The maximum Gasteiger partial charge on any atom is 0.237 e. The van der Waals surface area contributed by atoms with Crippen molar-refractivity contribution in [2.45, 2.75) is 31.3 Å². The molecule has 0 heterocycles. The molecule has 0 unspecified atom stereocenters. The van der Waals surface area contributed by atoms with Crippen LogP contribution < -0.4 is 21.5 Å². The van der Waals surface area contributed by atoms with E-state index >= 15 is 0 Å². The van der Waals surface area contributed by atoms with Gasteiger partial charge in [-0.25, -0.2) is 0 Å². The van der Waals surface area contributed by atoms with Crippen LogP contribution in [0.5, 0.6) is 5.75 Å². The van der Waals surface area contributed by atoms with Crippen LogP contribution in [0.1, 0.15) is 18.4 Å². The second-order valence-corrected chi connectivity index (χ2v) is 7.25. The molecule has 0 radical (unpaired) electrons. The maximum absolute atomic E-state index is 12.6. The molecule has 3 aromatic rings. The number of carbonyl (C=O) groups excluding carboxylic acids is 1. The second kappa shape index (κ2) is 10.6. The first-order valence-corrected chi connectivity index (χ1v) is 10.1. The third-order valence-corrected chi connectivity index (χ3v) is 4.91. The van der Waals surface area contributed by atoms with Crippen LogP contribution in [0.15, 0.2) is 72.8 Å². The lowest BCUT2D eigenvalue weighted by atomic mass is 10.1. The predicted molar refractivity (Wildman–Crippen MR) is 118 cm³/mol. The van der Waals surface area contributed by atoms with Crippen LogP contribution in [-0.2, 0) is 11.2 Å². The van der Waals surface area contributed by atoms with Gasteiger partial charge in [0.15, 0.2) is 0 Å². The SMILES string of the molecule is NCCC[C@@H](COc1ccc2ccccc2c1)NC(=O)[C@@H](N)Cc1ccccc1. The monoisotopic (exact) mass is 391 g/mol. The average molecular weight is 392 g/mol. The highest BCUT2D eigenvalue weighted by Gasteiger charge is 2.19. The van der Waals surface area contributed by atoms with Crippen molar-refractivity contribution in [1.82, 2.24) is 5.32 Å². The Bertz CT molecular complexity index is 914. The number of hydrogen-bond donors (Lipinski definition) is 3. The molecule has 0 spiro atoms. The van der Waals surface area contributed by atoms with Crippen molar-refractivity contribution < 1.29 is 9.53 Å². The van der Waals surface area contributed by atoms with Crippen LogP contribution in [-0.4, -0.2) is 31.1 Å². The van der Waals surface area contributed by atoms with E-state index in [0.717, 1.165) is 29.5 Å². The van der Waals surface area contributed by atoms with Crippen molar-refractivity contribution in [3.63, 3.8) is 0 Å². The molecule has 3 aromatic carbocycles. The molecular formula is C24H29N3O2. The number of rotatable bonds is 10. The van der Waals surface area contributed by atoms with Gasteiger partial charge >= 0.3 is 0 Å². The van der Waals surface area contributed by atoms with E-state index in [9.17, 15) is 4.79 Å².